The van der Waals surface area contributed by atoms with Gasteiger partial charge >= 0.3 is 0 Å². The number of para-hydroxylation sites is 1. The average Bonchev–Trinajstić information content (AvgIpc) is 2.91. The van der Waals surface area contributed by atoms with E-state index in [0.29, 0.717) is 5.02 Å². The monoisotopic (exact) mass is 301 g/mol. The number of fused-ring (bicyclic) bond motifs is 1. The summed E-state index contributed by atoms with van der Waals surface area (Å²) < 4.78 is 1.68. The van der Waals surface area contributed by atoms with Gasteiger partial charge in [-0.2, -0.15) is 5.10 Å². The number of halogens is 1. The molecule has 21 heavy (non-hydrogen) atoms. The fourth-order valence-electron chi connectivity index (χ4n) is 3.41. The van der Waals surface area contributed by atoms with Gasteiger partial charge in [-0.15, -0.1) is 0 Å². The van der Waals surface area contributed by atoms with Crippen LogP contribution in [0.1, 0.15) is 19.3 Å². The molecule has 0 spiro atoms. The molecule has 1 heterocycles. The number of anilines is 1. The van der Waals surface area contributed by atoms with Gasteiger partial charge in [0.15, 0.2) is 0 Å². The number of aromatic nitrogens is 2. The van der Waals surface area contributed by atoms with Crippen LogP contribution in [0.5, 0.6) is 0 Å². The van der Waals surface area contributed by atoms with E-state index in [-0.39, 0.29) is 11.8 Å². The van der Waals surface area contributed by atoms with Crippen molar-refractivity contribution >= 4 is 23.2 Å². The molecule has 1 N–H and O–H groups in total. The van der Waals surface area contributed by atoms with Crippen molar-refractivity contribution in [2.24, 2.45) is 17.8 Å². The van der Waals surface area contributed by atoms with Gasteiger partial charge in [-0.05, 0) is 49.3 Å². The third kappa shape index (κ3) is 2.33. The molecule has 108 valence electrons. The number of rotatable bonds is 3. The van der Waals surface area contributed by atoms with Crippen molar-refractivity contribution in [3.63, 3.8) is 0 Å². The Labute approximate surface area is 128 Å². The number of carbonyl (C=O) groups excluding carboxylic acids is 1. The van der Waals surface area contributed by atoms with Crippen LogP contribution in [-0.2, 0) is 4.79 Å². The average molecular weight is 302 g/mol. The Bertz CT molecular complexity index is 673. The van der Waals surface area contributed by atoms with E-state index >= 15 is 0 Å². The predicted octanol–water partition coefficient (Wildman–Crippen LogP) is 3.51. The van der Waals surface area contributed by atoms with Crippen LogP contribution in [0.25, 0.3) is 5.69 Å². The minimum atomic E-state index is 0.109. The van der Waals surface area contributed by atoms with Gasteiger partial charge in [0.2, 0.25) is 5.91 Å². The van der Waals surface area contributed by atoms with Crippen molar-refractivity contribution < 1.29 is 4.79 Å². The maximum atomic E-state index is 12.4. The van der Waals surface area contributed by atoms with Crippen LogP contribution in [0.4, 0.5) is 5.69 Å². The summed E-state index contributed by atoms with van der Waals surface area (Å²) in [5.41, 5.74) is 1.44. The Kier molecular flexibility index (Phi) is 3.00. The van der Waals surface area contributed by atoms with Crippen LogP contribution in [-0.4, -0.2) is 15.7 Å². The van der Waals surface area contributed by atoms with Crippen LogP contribution < -0.4 is 5.32 Å². The zero-order valence-corrected chi connectivity index (χ0v) is 12.3. The van der Waals surface area contributed by atoms with E-state index in [0.717, 1.165) is 36.1 Å². The summed E-state index contributed by atoms with van der Waals surface area (Å²) in [5, 5.41) is 7.83. The molecule has 0 radical (unpaired) electrons. The molecule has 2 atom stereocenters. The number of benzene rings is 1. The van der Waals surface area contributed by atoms with Gasteiger partial charge in [-0.3, -0.25) is 4.79 Å². The van der Waals surface area contributed by atoms with Crippen molar-refractivity contribution in [1.82, 2.24) is 9.78 Å². The quantitative estimate of drug-likeness (QED) is 0.943. The van der Waals surface area contributed by atoms with Crippen molar-refractivity contribution in [1.29, 1.82) is 0 Å². The second-order valence-corrected chi connectivity index (χ2v) is 6.41. The SMILES string of the molecule is O=C(Nc1cccc(Cl)c1-n1cccn1)C1CC2CC2C1. The summed E-state index contributed by atoms with van der Waals surface area (Å²) in [4.78, 5) is 12.4. The molecule has 0 saturated heterocycles. The van der Waals surface area contributed by atoms with Crippen LogP contribution in [0.3, 0.4) is 0 Å². The van der Waals surface area contributed by atoms with E-state index in [1.807, 2.05) is 24.4 Å². The first-order chi connectivity index (χ1) is 10.2. The van der Waals surface area contributed by atoms with Crippen molar-refractivity contribution in [3.05, 3.63) is 41.7 Å². The topological polar surface area (TPSA) is 46.9 Å². The zero-order valence-electron chi connectivity index (χ0n) is 11.5. The summed E-state index contributed by atoms with van der Waals surface area (Å²) in [6, 6.07) is 7.35. The predicted molar refractivity (Wildman–Crippen MR) is 81.5 cm³/mol. The lowest BCUT2D eigenvalue weighted by Crippen LogP contribution is -2.22. The molecule has 2 aliphatic rings. The van der Waals surface area contributed by atoms with Crippen LogP contribution >= 0.6 is 11.6 Å². The highest BCUT2D eigenvalue weighted by molar-refractivity contribution is 6.33. The second kappa shape index (κ2) is 4.88. The number of amides is 1. The number of hydrogen-bond acceptors (Lipinski definition) is 2. The normalized spacial score (nSPS) is 26.4. The Morgan fingerprint density at radius 2 is 2.05 bits per heavy atom. The molecule has 2 aliphatic carbocycles. The maximum Gasteiger partial charge on any atom is 0.227 e. The van der Waals surface area contributed by atoms with E-state index in [9.17, 15) is 4.79 Å². The maximum absolute atomic E-state index is 12.4. The molecule has 1 aromatic heterocycles. The molecule has 4 nitrogen and oxygen atoms in total. The molecule has 5 heteroatoms. The highest BCUT2D eigenvalue weighted by Gasteiger charge is 2.48. The molecule has 0 bridgehead atoms. The summed E-state index contributed by atoms with van der Waals surface area (Å²) in [6.07, 6.45) is 6.91. The number of hydrogen-bond donors (Lipinski definition) is 1. The highest BCUT2D eigenvalue weighted by atomic mass is 35.5. The van der Waals surface area contributed by atoms with Crippen molar-refractivity contribution in [2.75, 3.05) is 5.32 Å². The second-order valence-electron chi connectivity index (χ2n) is 6.00. The zero-order chi connectivity index (χ0) is 14.4. The third-order valence-corrected chi connectivity index (χ3v) is 4.90. The number of carbonyl (C=O) groups is 1. The first-order valence-corrected chi connectivity index (χ1v) is 7.69. The molecule has 1 amide bonds. The Morgan fingerprint density at radius 1 is 1.24 bits per heavy atom. The van der Waals surface area contributed by atoms with E-state index in [2.05, 4.69) is 10.4 Å². The molecule has 2 saturated carbocycles. The fraction of sp³-hybridized carbons (Fsp3) is 0.375. The largest absolute Gasteiger partial charge is 0.324 e. The van der Waals surface area contributed by atoms with Crippen LogP contribution in [0.2, 0.25) is 5.02 Å². The molecule has 1 aromatic carbocycles. The molecular formula is C16H16ClN3O. The van der Waals surface area contributed by atoms with E-state index in [1.165, 1.54) is 6.42 Å². The first-order valence-electron chi connectivity index (χ1n) is 7.32. The van der Waals surface area contributed by atoms with Crippen LogP contribution in [0, 0.1) is 17.8 Å². The Morgan fingerprint density at radius 3 is 2.76 bits per heavy atom. The number of nitrogens with one attached hydrogen (secondary N) is 1. The Hall–Kier alpha value is -1.81. The lowest BCUT2D eigenvalue weighted by atomic mass is 10.0. The lowest BCUT2D eigenvalue weighted by Gasteiger charge is -2.16. The van der Waals surface area contributed by atoms with E-state index in [4.69, 9.17) is 11.6 Å². The van der Waals surface area contributed by atoms with E-state index in [1.54, 1.807) is 16.9 Å². The van der Waals surface area contributed by atoms with Gasteiger partial charge in [-0.1, -0.05) is 17.7 Å². The smallest absolute Gasteiger partial charge is 0.227 e. The highest BCUT2D eigenvalue weighted by Crippen LogP contribution is 2.54. The minimum Gasteiger partial charge on any atom is -0.324 e. The summed E-state index contributed by atoms with van der Waals surface area (Å²) in [7, 11) is 0. The van der Waals surface area contributed by atoms with Crippen molar-refractivity contribution in [3.8, 4) is 5.69 Å². The summed E-state index contributed by atoms with van der Waals surface area (Å²) >= 11 is 6.28. The summed E-state index contributed by atoms with van der Waals surface area (Å²) in [6.45, 7) is 0. The van der Waals surface area contributed by atoms with Crippen LogP contribution in [0.15, 0.2) is 36.7 Å². The van der Waals surface area contributed by atoms with Gasteiger partial charge < -0.3 is 5.32 Å². The van der Waals surface area contributed by atoms with Gasteiger partial charge in [0.05, 0.1) is 10.7 Å². The molecule has 2 unspecified atom stereocenters. The summed E-state index contributed by atoms with van der Waals surface area (Å²) in [5.74, 6) is 1.85. The number of nitrogens with zero attached hydrogens (tertiary/aromatic N) is 2. The molecule has 2 fully saturated rings. The van der Waals surface area contributed by atoms with E-state index < -0.39 is 0 Å². The molecule has 4 rings (SSSR count). The molecule has 0 aliphatic heterocycles. The fourth-order valence-corrected chi connectivity index (χ4v) is 3.67. The molecular weight excluding hydrogens is 286 g/mol. The van der Waals surface area contributed by atoms with Crippen molar-refractivity contribution in [2.45, 2.75) is 19.3 Å². The van der Waals surface area contributed by atoms with Gasteiger partial charge in [0, 0.05) is 18.3 Å². The van der Waals surface area contributed by atoms with Gasteiger partial charge in [0.25, 0.3) is 0 Å². The molecule has 2 aromatic rings. The standard InChI is InChI=1S/C16H16ClN3O/c17-13-3-1-4-14(15(13)20-6-2-5-18-20)19-16(21)12-8-10-7-11(10)9-12/h1-6,10-12H,7-9H2,(H,19,21). The third-order valence-electron chi connectivity index (χ3n) is 4.59. The Balaban J connectivity index is 1.60. The van der Waals surface area contributed by atoms with Gasteiger partial charge in [0.1, 0.15) is 5.69 Å². The minimum absolute atomic E-state index is 0.109. The lowest BCUT2D eigenvalue weighted by molar-refractivity contribution is -0.120. The van der Waals surface area contributed by atoms with Gasteiger partial charge in [-0.25, -0.2) is 4.68 Å². The first kappa shape index (κ1) is 12.9.